The third-order valence-corrected chi connectivity index (χ3v) is 38.4. The van der Waals surface area contributed by atoms with Gasteiger partial charge in [0.2, 0.25) is 0 Å². The van der Waals surface area contributed by atoms with E-state index in [1.165, 1.54) is 114 Å². The molecule has 3 aromatic heterocycles. The molecule has 2 aliphatic rings. The van der Waals surface area contributed by atoms with Gasteiger partial charge >= 0.3 is 380 Å². The van der Waals surface area contributed by atoms with Gasteiger partial charge in [0.25, 0.3) is 0 Å². The van der Waals surface area contributed by atoms with Gasteiger partial charge in [0.15, 0.2) is 0 Å². The van der Waals surface area contributed by atoms with Crippen LogP contribution in [-0.4, -0.2) is 28.5 Å². The number of phenols is 3. The van der Waals surface area contributed by atoms with Gasteiger partial charge in [-0.3, -0.25) is 0 Å². The molecule has 3 heterocycles. The van der Waals surface area contributed by atoms with Crippen LogP contribution < -0.4 is 15.0 Å². The molecule has 16 aromatic rings. The number of phenolic OH excluding ortho intramolecular Hbond substituents is 3. The monoisotopic (exact) mass is 2640 g/mol. The van der Waals surface area contributed by atoms with Gasteiger partial charge in [-0.1, -0.05) is 223 Å². The van der Waals surface area contributed by atoms with Crippen LogP contribution in [0.4, 0.5) is 17.1 Å². The van der Waals surface area contributed by atoms with Gasteiger partial charge < -0.3 is 30.3 Å². The summed E-state index contributed by atoms with van der Waals surface area (Å²) < 4.78 is 27.8. The van der Waals surface area contributed by atoms with E-state index in [0.29, 0.717) is 50.2 Å². The van der Waals surface area contributed by atoms with Crippen LogP contribution in [0.2, 0.25) is 0 Å². The van der Waals surface area contributed by atoms with E-state index in [1.54, 1.807) is 0 Å². The second-order valence-electron chi connectivity index (χ2n) is 44.4. The Balaban J connectivity index is 0.000000177. The zero-order chi connectivity index (χ0) is 110. The van der Waals surface area contributed by atoms with E-state index in [-0.39, 0.29) is 27.7 Å². The van der Waals surface area contributed by atoms with Gasteiger partial charge in [0, 0.05) is 30.1 Å². The Morgan fingerprint density at radius 1 is 0.260 bits per heavy atom. The minimum Gasteiger partial charge on any atom is -0.665 e. The summed E-state index contributed by atoms with van der Waals surface area (Å²) in [5.41, 5.74) is 35.2. The number of fused-ring (bicyclic) bond motifs is 6. The fourth-order valence-corrected chi connectivity index (χ4v) is 26.2. The summed E-state index contributed by atoms with van der Waals surface area (Å²) in [4.78, 5) is 12.3. The molecule has 0 radical (unpaired) electrons. The van der Waals surface area contributed by atoms with Crippen LogP contribution in [0.3, 0.4) is 0 Å². The molecular formula is C132H155Br6Mo3N6O3-3. The van der Waals surface area contributed by atoms with E-state index in [4.69, 9.17) is 10.5 Å². The number of aryl methyl sites for hydroxylation is 8. The molecule has 150 heavy (non-hydrogen) atoms. The van der Waals surface area contributed by atoms with Crippen molar-refractivity contribution in [2.24, 2.45) is 26.7 Å². The van der Waals surface area contributed by atoms with Crippen molar-refractivity contribution in [1.29, 1.82) is 0 Å². The second kappa shape index (κ2) is 57.2. The third kappa shape index (κ3) is 34.5. The molecule has 18 heteroatoms. The molecule has 0 fully saturated rings. The number of aromatic hydroxyl groups is 3. The van der Waals surface area contributed by atoms with Crippen LogP contribution in [0.5, 0.6) is 17.2 Å². The van der Waals surface area contributed by atoms with Crippen LogP contribution in [0.25, 0.3) is 76.5 Å². The Labute approximate surface area is 972 Å². The van der Waals surface area contributed by atoms with Gasteiger partial charge in [0.05, 0.1) is 13.4 Å². The van der Waals surface area contributed by atoms with Gasteiger partial charge in [0.1, 0.15) is 17.2 Å². The van der Waals surface area contributed by atoms with Crippen molar-refractivity contribution in [3.05, 3.63) is 358 Å². The molecule has 3 N–H and O–H groups in total. The average molecular weight is 2640 g/mol. The van der Waals surface area contributed by atoms with E-state index in [9.17, 15) is 15.3 Å². The Morgan fingerprint density at radius 3 is 0.727 bits per heavy atom. The average Bonchev–Trinajstić information content (AvgIpc) is 0.809. The molecule has 18 rings (SSSR count). The van der Waals surface area contributed by atoms with Crippen molar-refractivity contribution >= 4 is 169 Å². The van der Waals surface area contributed by atoms with Gasteiger partial charge in [-0.2, -0.15) is 34.2 Å². The Kier molecular flexibility index (Phi) is 47.2. The van der Waals surface area contributed by atoms with Gasteiger partial charge in [-0.05, 0) is 255 Å². The van der Waals surface area contributed by atoms with E-state index >= 15 is 0 Å². The standard InChI is InChI=1S/C21H22Br2O.2C21H14Br2O.3C12H17N.3C6H8N.3C5H10.3Mo/c3*1-12-17(22)10-13-6-2-4-8-15(13)19(12)20-16-9-5-3-7-14(16)11-18(23)21(20)24;3*1-8(2)10-6-5-7-11(9(3)4)12(10)13;3*1-5-3-4-6(2)7-5;3*1-5(2,3)4;;;/h10-11,24H,2-9H2,1H3;2*2-11,24H,1H3;3*5-9H,1-4H3;3*3-4H,1-2H3;3*1H,2-4H3;;;/q;;;;;;3*-1;;;;;;. The molecule has 0 aliphatic heterocycles. The van der Waals surface area contributed by atoms with E-state index < -0.39 is 53.8 Å². The molecule has 0 spiro atoms. The van der Waals surface area contributed by atoms with Crippen molar-refractivity contribution in [3.63, 3.8) is 0 Å². The van der Waals surface area contributed by atoms with E-state index in [1.807, 2.05) is 139 Å². The largest absolute Gasteiger partial charge is 0.665 e. The first-order chi connectivity index (χ1) is 70.8. The molecule has 0 saturated carbocycles. The van der Waals surface area contributed by atoms with Crippen molar-refractivity contribution < 1.29 is 69.1 Å². The number of halogens is 6. The van der Waals surface area contributed by atoms with Crippen LogP contribution in [-0.2, 0) is 79.4 Å². The maximum atomic E-state index is 11.0. The summed E-state index contributed by atoms with van der Waals surface area (Å²) in [6, 6.07) is 77.5. The summed E-state index contributed by atoms with van der Waals surface area (Å²) >= 11 is 20.5. The summed E-state index contributed by atoms with van der Waals surface area (Å²) in [6.07, 6.45) is 9.46. The fourth-order valence-electron chi connectivity index (χ4n) is 18.4. The van der Waals surface area contributed by atoms with Crippen molar-refractivity contribution in [3.8, 4) is 50.6 Å². The summed E-state index contributed by atoms with van der Waals surface area (Å²) in [7, 11) is 0. The van der Waals surface area contributed by atoms with Crippen LogP contribution in [0, 0.1) is 78.6 Å². The molecule has 0 amide bonds. The van der Waals surface area contributed by atoms with Crippen molar-refractivity contribution in [2.45, 2.75) is 295 Å². The number of aromatic nitrogens is 3. The Morgan fingerprint density at radius 2 is 0.473 bits per heavy atom. The van der Waals surface area contributed by atoms with E-state index in [0.717, 1.165) is 155 Å². The molecule has 0 bridgehead atoms. The van der Waals surface area contributed by atoms with Crippen molar-refractivity contribution in [1.82, 2.24) is 15.0 Å². The van der Waals surface area contributed by atoms with Gasteiger partial charge in [-0.25, -0.2) is 0 Å². The molecule has 0 unspecified atom stereocenters. The zero-order valence-electron chi connectivity index (χ0n) is 93.7. The molecular weight excluding hydrogens is 2480 g/mol. The summed E-state index contributed by atoms with van der Waals surface area (Å²) in [5.74, 6) is 4.22. The quantitative estimate of drug-likeness (QED) is 0.104. The number of nitrogens with zero attached hydrogens (tertiary/aromatic N) is 6. The van der Waals surface area contributed by atoms with Crippen LogP contribution >= 0.6 is 95.6 Å². The molecule has 0 saturated heterocycles. The number of benzene rings is 13. The summed E-state index contributed by atoms with van der Waals surface area (Å²) in [5, 5.41) is 41.5. The third-order valence-electron chi connectivity index (χ3n) is 26.0. The second-order valence-corrected chi connectivity index (χ2v) is 54.2. The minimum atomic E-state index is -0.415. The van der Waals surface area contributed by atoms with Crippen LogP contribution in [0.15, 0.2) is 262 Å². The topological polar surface area (TPSA) is 140 Å². The Bertz CT molecular complexity index is 6730. The number of hydrogen-bond donors (Lipinski definition) is 3. The smallest absolute Gasteiger partial charge is 0.138 e. The van der Waals surface area contributed by atoms with Gasteiger partial charge in [-0.15, -0.1) is 0 Å². The normalized spacial score (nSPS) is 12.1. The predicted molar refractivity (Wildman–Crippen MR) is 659 cm³/mol. The first-order valence-corrected chi connectivity index (χ1v) is 63.4. The zero-order valence-corrected chi connectivity index (χ0v) is 109. The van der Waals surface area contributed by atoms with Crippen LogP contribution in [0.1, 0.15) is 313 Å². The van der Waals surface area contributed by atoms with Crippen molar-refractivity contribution in [2.75, 3.05) is 0 Å². The minimum absolute atomic E-state index is 0.278. The fraction of sp³-hybridized carbons (Fsp3) is 0.356. The maximum absolute atomic E-state index is 11.0. The maximum Gasteiger partial charge on any atom is 0.138 e. The Hall–Kier alpha value is -7.91. The number of hydrogen-bond acceptors (Lipinski definition) is 6. The predicted octanol–water partition coefficient (Wildman–Crippen LogP) is 41.9. The summed E-state index contributed by atoms with van der Waals surface area (Å²) in [6.45, 7) is 65.7. The molecule has 13 aromatic carbocycles. The first kappa shape index (κ1) is 124. The van der Waals surface area contributed by atoms with E-state index in [2.05, 4.69) is 417 Å². The SMILES string of the molecule is CC(C)c1cccc(C(C)C)c1[N]=[Mo]=[CH]C(C)(C)C.CC(C)c1cccc(C(C)C)c1[N]=[Mo]=[CH]C(C)(C)C.CC(C)c1cccc(C(C)C)c1[N]=[Mo]=[CH]C(C)(C)C.Cc1c(Br)cc2c(c1-c1c(O)c(Br)cc3c1CCCC3)CCCC2.Cc1c(Br)cc2ccccc2c1-c1c(O)c(Br)cc2ccccc12.Cc1c(Br)cc2ccccc2c1-c1c(O)c(Br)cc2ccccc12.Cc1ccc(C)[n-]1.Cc1ccc(C)[n-]1.Cc1ccc(C)[n-]1. The number of rotatable bonds is 12. The molecule has 9 nitrogen and oxygen atoms in total. The molecule has 2 aliphatic carbocycles. The molecule has 794 valence electrons. The first-order valence-electron chi connectivity index (χ1n) is 52.5. The molecule has 0 atom stereocenters.